The highest BCUT2D eigenvalue weighted by Gasteiger charge is 2.04. The summed E-state index contributed by atoms with van der Waals surface area (Å²) < 4.78 is 2.10. The van der Waals surface area contributed by atoms with Gasteiger partial charge in [0, 0.05) is 25.5 Å². The van der Waals surface area contributed by atoms with Crippen LogP contribution in [0.2, 0.25) is 0 Å². The highest BCUT2D eigenvalue weighted by molar-refractivity contribution is 4.73. The largest absolute Gasteiger partial charge is 0.396 e. The van der Waals surface area contributed by atoms with Crippen molar-refractivity contribution in [2.75, 3.05) is 6.61 Å². The summed E-state index contributed by atoms with van der Waals surface area (Å²) in [6.07, 6.45) is 10.2. The summed E-state index contributed by atoms with van der Waals surface area (Å²) in [5, 5.41) is 8.84. The van der Waals surface area contributed by atoms with Gasteiger partial charge in [0.1, 0.15) is 0 Å². The van der Waals surface area contributed by atoms with Gasteiger partial charge < -0.3 is 9.67 Å². The minimum absolute atomic E-state index is 0.323. The van der Waals surface area contributed by atoms with Gasteiger partial charge in [0.05, 0.1) is 6.33 Å². The van der Waals surface area contributed by atoms with Gasteiger partial charge in [-0.15, -0.1) is 0 Å². The molecule has 1 N–H and O–H groups in total. The molecule has 0 spiro atoms. The molecule has 80 valence electrons. The van der Waals surface area contributed by atoms with Gasteiger partial charge in [-0.25, -0.2) is 4.98 Å². The van der Waals surface area contributed by atoms with Crippen molar-refractivity contribution in [2.24, 2.45) is 5.92 Å². The van der Waals surface area contributed by atoms with E-state index >= 15 is 0 Å². The second-order valence-electron chi connectivity index (χ2n) is 3.73. The maximum Gasteiger partial charge on any atom is 0.0945 e. The normalized spacial score (nSPS) is 13.0. The molecule has 1 rings (SSSR count). The molecule has 0 amide bonds. The van der Waals surface area contributed by atoms with Crippen molar-refractivity contribution in [1.82, 2.24) is 9.55 Å². The van der Waals surface area contributed by atoms with E-state index in [0.29, 0.717) is 12.5 Å². The number of aromatic nitrogens is 2. The van der Waals surface area contributed by atoms with Crippen molar-refractivity contribution in [1.29, 1.82) is 0 Å². The Morgan fingerprint density at radius 2 is 2.29 bits per heavy atom. The van der Waals surface area contributed by atoms with Gasteiger partial charge in [0.25, 0.3) is 0 Å². The molecule has 1 atom stereocenters. The summed E-state index contributed by atoms with van der Waals surface area (Å²) in [7, 11) is 0. The Bertz CT molecular complexity index is 221. The van der Waals surface area contributed by atoms with Crippen molar-refractivity contribution in [3.63, 3.8) is 0 Å². The fourth-order valence-corrected chi connectivity index (χ4v) is 1.72. The number of aliphatic hydroxyl groups is 1. The number of nitrogens with zero attached hydrogens (tertiary/aromatic N) is 2. The Balaban J connectivity index is 2.13. The van der Waals surface area contributed by atoms with Crippen LogP contribution in [-0.2, 0) is 6.54 Å². The van der Waals surface area contributed by atoms with E-state index < -0.39 is 0 Å². The van der Waals surface area contributed by atoms with Gasteiger partial charge in [-0.3, -0.25) is 0 Å². The summed E-state index contributed by atoms with van der Waals surface area (Å²) in [5.41, 5.74) is 0. The third-order valence-electron chi connectivity index (χ3n) is 2.70. The second-order valence-corrected chi connectivity index (χ2v) is 3.73. The van der Waals surface area contributed by atoms with Gasteiger partial charge in [-0.2, -0.15) is 0 Å². The molecule has 1 heterocycles. The van der Waals surface area contributed by atoms with Crippen molar-refractivity contribution in [3.8, 4) is 0 Å². The topological polar surface area (TPSA) is 38.0 Å². The van der Waals surface area contributed by atoms with Crippen molar-refractivity contribution < 1.29 is 5.11 Å². The maximum atomic E-state index is 8.84. The Labute approximate surface area is 85.8 Å². The van der Waals surface area contributed by atoms with E-state index in [4.69, 9.17) is 5.11 Å². The van der Waals surface area contributed by atoms with Crippen LogP contribution in [0.5, 0.6) is 0 Å². The molecule has 3 heteroatoms. The molecule has 1 aromatic rings. The first-order valence-electron chi connectivity index (χ1n) is 5.43. The number of hydrogen-bond acceptors (Lipinski definition) is 2. The summed E-state index contributed by atoms with van der Waals surface area (Å²) in [6.45, 7) is 3.56. The zero-order chi connectivity index (χ0) is 10.2. The van der Waals surface area contributed by atoms with Crippen LogP contribution in [0, 0.1) is 5.92 Å². The monoisotopic (exact) mass is 196 g/mol. The summed E-state index contributed by atoms with van der Waals surface area (Å²) in [6, 6.07) is 0. The maximum absolute atomic E-state index is 8.84. The number of aryl methyl sites for hydroxylation is 1. The molecule has 1 aromatic heterocycles. The lowest BCUT2D eigenvalue weighted by molar-refractivity contribution is 0.246. The van der Waals surface area contributed by atoms with E-state index in [-0.39, 0.29) is 0 Å². The number of aliphatic hydroxyl groups excluding tert-OH is 1. The van der Waals surface area contributed by atoms with Gasteiger partial charge in [0.15, 0.2) is 0 Å². The van der Waals surface area contributed by atoms with Crippen LogP contribution < -0.4 is 0 Å². The highest BCUT2D eigenvalue weighted by Crippen LogP contribution is 2.15. The molecule has 0 saturated heterocycles. The average Bonchev–Trinajstić information content (AvgIpc) is 2.69. The lowest BCUT2D eigenvalue weighted by Gasteiger charge is -2.12. The van der Waals surface area contributed by atoms with E-state index in [9.17, 15) is 0 Å². The minimum Gasteiger partial charge on any atom is -0.396 e. The smallest absolute Gasteiger partial charge is 0.0945 e. The van der Waals surface area contributed by atoms with Crippen LogP contribution in [-0.4, -0.2) is 21.3 Å². The molecule has 0 unspecified atom stereocenters. The summed E-state index contributed by atoms with van der Waals surface area (Å²) >= 11 is 0. The molecule has 0 radical (unpaired) electrons. The van der Waals surface area contributed by atoms with Crippen molar-refractivity contribution in [2.45, 2.75) is 39.2 Å². The van der Waals surface area contributed by atoms with E-state index in [1.54, 1.807) is 0 Å². The van der Waals surface area contributed by atoms with Crippen LogP contribution in [0.3, 0.4) is 0 Å². The third-order valence-corrected chi connectivity index (χ3v) is 2.70. The Hall–Kier alpha value is -0.830. The van der Waals surface area contributed by atoms with Crippen molar-refractivity contribution in [3.05, 3.63) is 18.7 Å². The molecular formula is C11H20N2O. The van der Waals surface area contributed by atoms with Crippen molar-refractivity contribution >= 4 is 0 Å². The fourth-order valence-electron chi connectivity index (χ4n) is 1.72. The molecule has 14 heavy (non-hydrogen) atoms. The Morgan fingerprint density at radius 3 is 2.86 bits per heavy atom. The highest BCUT2D eigenvalue weighted by atomic mass is 16.3. The van der Waals surface area contributed by atoms with Crippen LogP contribution >= 0.6 is 0 Å². The molecule has 0 aliphatic carbocycles. The first kappa shape index (κ1) is 11.2. The standard InChI is InChI=1S/C11H20N2O/c1-2-11(5-9-14)4-3-7-13-8-6-12-10-13/h6,8,10-11,14H,2-5,7,9H2,1H3/t11-/m0/s1. The van der Waals surface area contributed by atoms with Crippen LogP contribution in [0.15, 0.2) is 18.7 Å². The molecule has 3 nitrogen and oxygen atoms in total. The van der Waals surface area contributed by atoms with E-state index in [0.717, 1.165) is 13.0 Å². The first-order chi connectivity index (χ1) is 6.86. The molecule has 0 fully saturated rings. The molecular weight excluding hydrogens is 176 g/mol. The summed E-state index contributed by atoms with van der Waals surface area (Å²) in [4.78, 5) is 4.00. The molecule has 0 saturated carbocycles. The zero-order valence-electron chi connectivity index (χ0n) is 8.89. The van der Waals surface area contributed by atoms with Gasteiger partial charge in [0.2, 0.25) is 0 Å². The van der Waals surface area contributed by atoms with E-state index in [2.05, 4.69) is 16.5 Å². The van der Waals surface area contributed by atoms with Gasteiger partial charge in [-0.05, 0) is 25.2 Å². The first-order valence-corrected chi connectivity index (χ1v) is 5.43. The minimum atomic E-state index is 0.323. The SMILES string of the molecule is CC[C@H](CCO)CCCn1ccnc1. The quantitative estimate of drug-likeness (QED) is 0.725. The molecule has 0 aliphatic heterocycles. The Morgan fingerprint density at radius 1 is 1.43 bits per heavy atom. The molecule has 0 aromatic carbocycles. The number of hydrogen-bond donors (Lipinski definition) is 1. The van der Waals surface area contributed by atoms with E-state index in [1.165, 1.54) is 19.3 Å². The van der Waals surface area contributed by atoms with Crippen LogP contribution in [0.1, 0.15) is 32.6 Å². The van der Waals surface area contributed by atoms with Gasteiger partial charge in [-0.1, -0.05) is 13.3 Å². The summed E-state index contributed by atoms with van der Waals surface area (Å²) in [5.74, 6) is 0.684. The lowest BCUT2D eigenvalue weighted by Crippen LogP contribution is -2.04. The van der Waals surface area contributed by atoms with Crippen LogP contribution in [0.25, 0.3) is 0 Å². The zero-order valence-corrected chi connectivity index (χ0v) is 8.89. The average molecular weight is 196 g/mol. The van der Waals surface area contributed by atoms with Gasteiger partial charge >= 0.3 is 0 Å². The third kappa shape index (κ3) is 3.92. The van der Waals surface area contributed by atoms with E-state index in [1.807, 2.05) is 18.7 Å². The lowest BCUT2D eigenvalue weighted by atomic mass is 9.97. The molecule has 0 bridgehead atoms. The molecule has 0 aliphatic rings. The number of rotatable bonds is 7. The predicted molar refractivity (Wildman–Crippen MR) is 56.9 cm³/mol. The number of imidazole rings is 1. The second kappa shape index (κ2) is 6.60. The fraction of sp³-hybridized carbons (Fsp3) is 0.727. The van der Waals surface area contributed by atoms with Crippen LogP contribution in [0.4, 0.5) is 0 Å². The Kier molecular flexibility index (Phi) is 5.30. The predicted octanol–water partition coefficient (Wildman–Crippen LogP) is 2.07.